The molecule has 0 spiro atoms. The number of allylic oxidation sites excluding steroid dienone is 2. The van der Waals surface area contributed by atoms with Crippen LogP contribution in [0.4, 0.5) is 0 Å². The highest BCUT2D eigenvalue weighted by Gasteiger charge is 2.58. The van der Waals surface area contributed by atoms with Crippen LogP contribution < -0.4 is 10.6 Å². The molecule has 0 aromatic heterocycles. The fraction of sp³-hybridized carbons (Fsp3) is 0.737. The van der Waals surface area contributed by atoms with Crippen LogP contribution in [0.15, 0.2) is 17.1 Å². The highest BCUT2D eigenvalue weighted by Crippen LogP contribution is 2.52. The first-order valence-corrected chi connectivity index (χ1v) is 9.54. The Labute approximate surface area is 178 Å². The molecule has 1 saturated heterocycles. The van der Waals surface area contributed by atoms with Gasteiger partial charge in [-0.05, 0) is 25.2 Å². The molecule has 2 fully saturated rings. The van der Waals surface area contributed by atoms with Crippen molar-refractivity contribution in [2.24, 2.45) is 34.1 Å². The first-order valence-electron chi connectivity index (χ1n) is 9.54. The first kappa shape index (κ1) is 22.1. The van der Waals surface area contributed by atoms with Crippen molar-refractivity contribution in [1.82, 2.24) is 15.5 Å². The molecule has 2 bridgehead atoms. The fourth-order valence-electron chi connectivity index (χ4n) is 4.16. The number of rotatable bonds is 7. The molecule has 1 heterocycles. The second kappa shape index (κ2) is 8.89. The van der Waals surface area contributed by atoms with Crippen LogP contribution in [-0.2, 0) is 9.59 Å². The molecule has 3 rings (SSSR count). The Kier molecular flexibility index (Phi) is 7.29. The molecule has 0 aromatic carbocycles. The first-order chi connectivity index (χ1) is 12.4. The Morgan fingerprint density at radius 2 is 1.81 bits per heavy atom. The Morgan fingerprint density at radius 3 is 2.33 bits per heavy atom. The van der Waals surface area contributed by atoms with Gasteiger partial charge in [0.25, 0.3) is 0 Å². The van der Waals surface area contributed by atoms with Gasteiger partial charge < -0.3 is 15.7 Å². The molecule has 3 N–H and O–H groups in total. The summed E-state index contributed by atoms with van der Waals surface area (Å²) in [4.78, 5) is 31.2. The van der Waals surface area contributed by atoms with Crippen LogP contribution in [-0.4, -0.2) is 60.6 Å². The van der Waals surface area contributed by atoms with Crippen LogP contribution in [0.5, 0.6) is 0 Å². The van der Waals surface area contributed by atoms with Crippen molar-refractivity contribution in [2.45, 2.75) is 27.2 Å². The minimum atomic E-state index is -0.285. The molecule has 4 unspecified atom stereocenters. The van der Waals surface area contributed by atoms with E-state index >= 15 is 0 Å². The number of aliphatic hydroxyl groups is 1. The number of carbonyl (C=O) groups is 2. The van der Waals surface area contributed by atoms with Gasteiger partial charge in [-0.2, -0.15) is 0 Å². The Morgan fingerprint density at radius 1 is 1.22 bits per heavy atom. The van der Waals surface area contributed by atoms with Crippen LogP contribution in [0.3, 0.4) is 0 Å². The molecule has 1 aliphatic heterocycles. The number of carbonyl (C=O) groups excluding carboxylic acids is 2. The largest absolute Gasteiger partial charge is 0.396 e. The third-order valence-electron chi connectivity index (χ3n) is 5.63. The van der Waals surface area contributed by atoms with Crippen molar-refractivity contribution in [3.63, 3.8) is 0 Å². The second-order valence-corrected chi connectivity index (χ2v) is 8.27. The number of hydrogen-bond acceptors (Lipinski definition) is 4. The maximum atomic E-state index is 12.7. The maximum Gasteiger partial charge on any atom is 0.233 e. The molecule has 4 atom stereocenters. The average Bonchev–Trinajstić information content (AvgIpc) is 3.29. The predicted octanol–water partition coefficient (Wildman–Crippen LogP) is 0.985. The van der Waals surface area contributed by atoms with Gasteiger partial charge in [0, 0.05) is 31.7 Å². The quantitative estimate of drug-likeness (QED) is 0.163. The fourth-order valence-corrected chi connectivity index (χ4v) is 4.16. The number of hydrogen-bond donors (Lipinski definition) is 3. The molecule has 1 saturated carbocycles. The zero-order chi connectivity index (χ0) is 18.9. The molecule has 8 heteroatoms. The predicted molar refractivity (Wildman–Crippen MR) is 115 cm³/mol. The number of likely N-dealkylation sites (tertiary alicyclic amines) is 1. The molecule has 0 aromatic rings. The van der Waals surface area contributed by atoms with E-state index in [1.165, 1.54) is 4.90 Å². The van der Waals surface area contributed by atoms with Gasteiger partial charge >= 0.3 is 0 Å². The number of imide groups is 1. The van der Waals surface area contributed by atoms with E-state index in [0.717, 1.165) is 6.42 Å². The highest BCUT2D eigenvalue weighted by molar-refractivity contribution is 14.0. The van der Waals surface area contributed by atoms with Gasteiger partial charge in [-0.25, -0.2) is 0 Å². The highest BCUT2D eigenvalue weighted by atomic mass is 127. The number of halogens is 1. The SMILES string of the molecule is CCNC(=NCC(C)(C)CO)NCCN1C(=O)C2C3C=CC(C3)C2C1=O.I. The molecule has 2 aliphatic carbocycles. The van der Waals surface area contributed by atoms with Crippen molar-refractivity contribution >= 4 is 41.8 Å². The molecule has 7 nitrogen and oxygen atoms in total. The van der Waals surface area contributed by atoms with Crippen LogP contribution in [0.2, 0.25) is 0 Å². The van der Waals surface area contributed by atoms with E-state index in [0.29, 0.717) is 32.1 Å². The summed E-state index contributed by atoms with van der Waals surface area (Å²) in [5, 5.41) is 15.7. The summed E-state index contributed by atoms with van der Waals surface area (Å²) in [7, 11) is 0. The van der Waals surface area contributed by atoms with Crippen molar-refractivity contribution in [3.8, 4) is 0 Å². The van der Waals surface area contributed by atoms with Crippen molar-refractivity contribution in [3.05, 3.63) is 12.2 Å². The number of nitrogens with one attached hydrogen (secondary N) is 2. The van der Waals surface area contributed by atoms with Gasteiger partial charge in [0.05, 0.1) is 18.4 Å². The number of aliphatic hydroxyl groups excluding tert-OH is 1. The van der Waals surface area contributed by atoms with Gasteiger partial charge in [0.2, 0.25) is 11.8 Å². The topological polar surface area (TPSA) is 94.0 Å². The Balaban J connectivity index is 0.00000261. The van der Waals surface area contributed by atoms with Crippen LogP contribution in [0.1, 0.15) is 27.2 Å². The lowest BCUT2D eigenvalue weighted by Gasteiger charge is -2.21. The Bertz CT molecular complexity index is 604. The van der Waals surface area contributed by atoms with Gasteiger partial charge in [-0.3, -0.25) is 19.5 Å². The lowest BCUT2D eigenvalue weighted by atomic mass is 9.85. The van der Waals surface area contributed by atoms with Gasteiger partial charge in [-0.1, -0.05) is 26.0 Å². The summed E-state index contributed by atoms with van der Waals surface area (Å²) in [6, 6.07) is 0. The molecule has 152 valence electrons. The summed E-state index contributed by atoms with van der Waals surface area (Å²) in [5.74, 6) is 0.839. The molecular weight excluding hydrogens is 459 g/mol. The number of aliphatic imine (C=N–C) groups is 1. The van der Waals surface area contributed by atoms with Crippen LogP contribution in [0, 0.1) is 29.1 Å². The standard InChI is InChI=1S/C19H30N4O3.HI/c1-4-20-18(22-10-19(2,3)11-24)21-7-8-23-16(25)14-12-5-6-13(9-12)15(14)17(23)26;/h5-6,12-15,24H,4,7-11H2,1-3H3,(H2,20,21,22);1H. The van der Waals surface area contributed by atoms with E-state index in [-0.39, 0.29) is 71.5 Å². The van der Waals surface area contributed by atoms with E-state index in [4.69, 9.17) is 0 Å². The second-order valence-electron chi connectivity index (χ2n) is 8.27. The van der Waals surface area contributed by atoms with Gasteiger partial charge in [-0.15, -0.1) is 24.0 Å². The summed E-state index contributed by atoms with van der Waals surface area (Å²) in [5.41, 5.74) is -0.285. The third kappa shape index (κ3) is 4.47. The van der Waals surface area contributed by atoms with Gasteiger partial charge in [0.15, 0.2) is 5.96 Å². The van der Waals surface area contributed by atoms with Gasteiger partial charge in [0.1, 0.15) is 0 Å². The molecule has 27 heavy (non-hydrogen) atoms. The minimum Gasteiger partial charge on any atom is -0.396 e. The lowest BCUT2D eigenvalue weighted by molar-refractivity contribution is -0.140. The third-order valence-corrected chi connectivity index (χ3v) is 5.63. The molecule has 2 amide bonds. The molecule has 3 aliphatic rings. The monoisotopic (exact) mass is 490 g/mol. The smallest absolute Gasteiger partial charge is 0.233 e. The average molecular weight is 490 g/mol. The summed E-state index contributed by atoms with van der Waals surface area (Å²) in [6.45, 7) is 7.96. The summed E-state index contributed by atoms with van der Waals surface area (Å²) < 4.78 is 0. The van der Waals surface area contributed by atoms with E-state index in [1.807, 2.05) is 20.8 Å². The van der Waals surface area contributed by atoms with E-state index in [2.05, 4.69) is 27.8 Å². The zero-order valence-corrected chi connectivity index (χ0v) is 18.6. The maximum absolute atomic E-state index is 12.7. The van der Waals surface area contributed by atoms with E-state index < -0.39 is 0 Å². The number of amides is 2. The van der Waals surface area contributed by atoms with E-state index in [1.54, 1.807) is 0 Å². The normalized spacial score (nSPS) is 29.2. The van der Waals surface area contributed by atoms with Crippen molar-refractivity contribution < 1.29 is 14.7 Å². The van der Waals surface area contributed by atoms with E-state index in [9.17, 15) is 14.7 Å². The lowest BCUT2D eigenvalue weighted by Crippen LogP contribution is -2.44. The zero-order valence-electron chi connectivity index (χ0n) is 16.3. The molecule has 0 radical (unpaired) electrons. The Hall–Kier alpha value is -1.16. The molecular formula is C19H31IN4O3. The number of fused-ring (bicyclic) bond motifs is 5. The number of nitrogens with zero attached hydrogens (tertiary/aromatic N) is 2. The summed E-state index contributed by atoms with van der Waals surface area (Å²) in [6.07, 6.45) is 5.17. The van der Waals surface area contributed by atoms with Crippen molar-refractivity contribution in [1.29, 1.82) is 0 Å². The van der Waals surface area contributed by atoms with Crippen LogP contribution >= 0.6 is 24.0 Å². The minimum absolute atomic E-state index is 0. The van der Waals surface area contributed by atoms with Crippen molar-refractivity contribution in [2.75, 3.05) is 32.8 Å². The summed E-state index contributed by atoms with van der Waals surface area (Å²) >= 11 is 0. The van der Waals surface area contributed by atoms with Crippen LogP contribution in [0.25, 0.3) is 0 Å². The number of guanidine groups is 1.